The number of anilines is 4. The molecule has 0 N–H and O–H groups in total. The number of rotatable bonds is 10. The fourth-order valence-corrected chi connectivity index (χ4v) is 12.0. The molecule has 0 saturated carbocycles. The molecule has 0 radical (unpaired) electrons. The normalized spacial score (nSPS) is 16.9. The fourth-order valence-electron chi connectivity index (χ4n) is 12.0. The summed E-state index contributed by atoms with van der Waals surface area (Å²) in [6.45, 7) is 6.63. The average molecular weight is 1000 g/mol. The quantitative estimate of drug-likeness (QED) is 0.127. The van der Waals surface area contributed by atoms with Gasteiger partial charge in [-0.15, -0.1) is 0 Å². The van der Waals surface area contributed by atoms with Gasteiger partial charge in [0.15, 0.2) is 0 Å². The van der Waals surface area contributed by atoms with E-state index < -0.39 is 19.1 Å². The van der Waals surface area contributed by atoms with E-state index in [1.54, 1.807) is 47.0 Å². The van der Waals surface area contributed by atoms with Gasteiger partial charge in [0.2, 0.25) is 5.95 Å². The van der Waals surface area contributed by atoms with Crippen molar-refractivity contribution in [2.24, 2.45) is 6.98 Å². The molecule has 0 unspecified atom stereocenters. The number of allylic oxidation sites excluding steroid dienone is 8. The molecule has 0 atom stereocenters. The van der Waals surface area contributed by atoms with Crippen LogP contribution in [-0.2, 0) is 6.98 Å². The molecule has 0 fully saturated rings. The largest absolute Gasteiger partial charge is 0.457 e. The van der Waals surface area contributed by atoms with Gasteiger partial charge in [-0.25, -0.2) is 4.98 Å². The number of ether oxygens (including phenoxy) is 1. The van der Waals surface area contributed by atoms with Crippen LogP contribution < -0.4 is 14.5 Å². The van der Waals surface area contributed by atoms with Crippen LogP contribution in [0.3, 0.4) is 0 Å². The minimum atomic E-state index is -2.72. The first-order valence-electron chi connectivity index (χ1n) is 29.9. The predicted octanol–water partition coefficient (Wildman–Crippen LogP) is 16.4. The summed E-state index contributed by atoms with van der Waals surface area (Å²) in [5.74, 6) is 5.82. The molecule has 7 aromatic carbocycles. The van der Waals surface area contributed by atoms with Crippen molar-refractivity contribution in [3.05, 3.63) is 253 Å². The van der Waals surface area contributed by atoms with Crippen molar-refractivity contribution in [2.45, 2.75) is 39.5 Å². The number of hydrogen-bond donors (Lipinski definition) is 0. The molecule has 0 bridgehead atoms. The zero-order valence-electron chi connectivity index (χ0n) is 50.2. The second kappa shape index (κ2) is 18.6. The Kier molecular flexibility index (Phi) is 9.49. The SMILES string of the molecule is [2H]c1c([2H])c([2H])c2c(c1[2H])c1ccc(Oc3cc(-c4c(C(C)C)cccc4C(C)C)cc(N4CN(c5c(C6=CC=CN7C=CC=CB67)cccc5C5=CC=CN6C=CC=CB56)c5ccccc54)c3)cc1n2-c1nc2ccccc2n1C([2H])([2H])[2H]. The van der Waals surface area contributed by atoms with E-state index in [9.17, 15) is 2.74 Å². The van der Waals surface area contributed by atoms with Gasteiger partial charge in [-0.1, -0.05) is 143 Å². The number of nitrogens with zero attached hydrogens (tertiary/aromatic N) is 7. The van der Waals surface area contributed by atoms with Crippen LogP contribution in [0.15, 0.2) is 231 Å². The molecule has 14 rings (SSSR count). The molecule has 5 aliphatic rings. The fraction of sp³-hybridized carbons (Fsp3) is 0.119. The lowest BCUT2D eigenvalue weighted by Gasteiger charge is -2.35. The van der Waals surface area contributed by atoms with Gasteiger partial charge >= 0.3 is 13.7 Å². The summed E-state index contributed by atoms with van der Waals surface area (Å²) < 4.78 is 72.4. The summed E-state index contributed by atoms with van der Waals surface area (Å²) in [6.07, 6.45) is 25.7. The Hall–Kier alpha value is -9.14. The van der Waals surface area contributed by atoms with Crippen molar-refractivity contribution >= 4 is 80.2 Å². The zero-order valence-corrected chi connectivity index (χ0v) is 43.2. The third kappa shape index (κ3) is 7.72. The maximum Gasteiger partial charge on any atom is 0.320 e. The summed E-state index contributed by atoms with van der Waals surface area (Å²) in [7, 11) is 0. The smallest absolute Gasteiger partial charge is 0.320 e. The summed E-state index contributed by atoms with van der Waals surface area (Å²) in [6, 6.07) is 39.3. The monoisotopic (exact) mass is 1000 g/mol. The second-order valence-electron chi connectivity index (χ2n) is 20.8. The standard InChI is InChI=1S/C67H57B2N7O/c1-45(2)51-21-16-22-52(46(3)4)65(51)47-40-48(42-50(41-47)77-49-32-33-54-53-20-6-8-28-60(53)76(64(54)43-49)67-70-59-27-7-9-29-61(59)71(67)5)74-44-75(63-31-11-10-30-62(63)74)66-55(57-25-18-38-72-36-14-12-34-68(57)72)23-17-24-56(66)58-26-19-39-73-37-15-13-35-69(58)73/h6-43,45-46H,44H2,1-5H3/i5D3,6D,8D,20D,28D. The van der Waals surface area contributed by atoms with E-state index in [0.717, 1.165) is 49.6 Å². The molecule has 0 aliphatic carbocycles. The molecule has 7 heterocycles. The Bertz CT molecular complexity index is 4400. The Balaban J connectivity index is 0.966. The highest BCUT2D eigenvalue weighted by atomic mass is 16.5. The molecule has 5 aliphatic heterocycles. The first kappa shape index (κ1) is 39.3. The Morgan fingerprint density at radius 2 is 1.23 bits per heavy atom. The molecular formula is C67H57B2N7O. The zero-order chi connectivity index (χ0) is 57.9. The number of para-hydroxylation sites is 6. The molecule has 2 aromatic heterocycles. The maximum atomic E-state index is 9.32. The van der Waals surface area contributed by atoms with E-state index in [4.69, 9.17) is 16.6 Å². The van der Waals surface area contributed by atoms with Gasteiger partial charge in [0, 0.05) is 39.7 Å². The van der Waals surface area contributed by atoms with Crippen LogP contribution in [-0.4, -0.2) is 44.1 Å². The molecule has 9 aromatic rings. The van der Waals surface area contributed by atoms with E-state index in [0.29, 0.717) is 40.1 Å². The average Bonchev–Trinajstić information content (AvgIpc) is 1.71. The summed E-state index contributed by atoms with van der Waals surface area (Å²) >= 11 is 0. The van der Waals surface area contributed by atoms with Crippen molar-refractivity contribution in [3.63, 3.8) is 0 Å². The van der Waals surface area contributed by atoms with Gasteiger partial charge in [0.05, 0.1) is 44.6 Å². The lowest BCUT2D eigenvalue weighted by Crippen LogP contribution is -2.36. The van der Waals surface area contributed by atoms with Crippen LogP contribution in [0.2, 0.25) is 0 Å². The van der Waals surface area contributed by atoms with Gasteiger partial charge in [0.1, 0.15) is 18.2 Å². The van der Waals surface area contributed by atoms with Crippen molar-refractivity contribution < 1.29 is 14.3 Å². The van der Waals surface area contributed by atoms with Crippen LogP contribution in [0, 0.1) is 0 Å². The van der Waals surface area contributed by atoms with Crippen molar-refractivity contribution in [2.75, 3.05) is 16.5 Å². The van der Waals surface area contributed by atoms with Crippen molar-refractivity contribution in [3.8, 4) is 28.6 Å². The van der Waals surface area contributed by atoms with Gasteiger partial charge in [-0.3, -0.25) is 4.57 Å². The van der Waals surface area contributed by atoms with E-state index in [-0.39, 0.29) is 54.5 Å². The van der Waals surface area contributed by atoms with Crippen LogP contribution in [0.5, 0.6) is 11.5 Å². The van der Waals surface area contributed by atoms with E-state index in [2.05, 4.69) is 211 Å². The summed E-state index contributed by atoms with van der Waals surface area (Å²) in [5.41, 5.74) is 14.5. The summed E-state index contributed by atoms with van der Waals surface area (Å²) in [4.78, 5) is 14.2. The number of aromatic nitrogens is 3. The highest BCUT2D eigenvalue weighted by Gasteiger charge is 2.37. The van der Waals surface area contributed by atoms with E-state index in [1.807, 2.05) is 0 Å². The predicted molar refractivity (Wildman–Crippen MR) is 323 cm³/mol. The van der Waals surface area contributed by atoms with Crippen LogP contribution in [0.25, 0.3) is 60.9 Å². The number of hydrogen-bond acceptors (Lipinski definition) is 6. The van der Waals surface area contributed by atoms with Crippen LogP contribution in [0.4, 0.5) is 22.7 Å². The number of fused-ring (bicyclic) bond motifs is 7. The molecule has 8 nitrogen and oxygen atoms in total. The highest BCUT2D eigenvalue weighted by Crippen LogP contribution is 2.51. The topological polar surface area (TPSA) is 44.9 Å². The number of imidazole rings is 1. The van der Waals surface area contributed by atoms with E-state index in [1.165, 1.54) is 22.1 Å². The molecule has 0 spiro atoms. The Morgan fingerprint density at radius 1 is 0.584 bits per heavy atom. The molecule has 10 heteroatoms. The molecule has 0 saturated heterocycles. The van der Waals surface area contributed by atoms with Gasteiger partial charge in [0.25, 0.3) is 0 Å². The lowest BCUT2D eigenvalue weighted by molar-refractivity contribution is 0.483. The third-order valence-electron chi connectivity index (χ3n) is 15.6. The molecule has 0 amide bonds. The number of benzene rings is 7. The minimum absolute atomic E-state index is 0.0125. The lowest BCUT2D eigenvalue weighted by atomic mass is 9.48. The second-order valence-corrected chi connectivity index (χ2v) is 20.8. The van der Waals surface area contributed by atoms with Gasteiger partial charge in [-0.05, 0) is 160 Å². The van der Waals surface area contributed by atoms with Gasteiger partial charge in [-0.2, -0.15) is 0 Å². The minimum Gasteiger partial charge on any atom is -0.457 e. The first-order chi connectivity index (χ1) is 40.6. The molecular weight excluding hydrogens is 940 g/mol. The first-order valence-corrected chi connectivity index (χ1v) is 26.4. The van der Waals surface area contributed by atoms with Crippen molar-refractivity contribution in [1.82, 2.24) is 23.7 Å². The highest BCUT2D eigenvalue weighted by molar-refractivity contribution is 6.83. The molecule has 77 heavy (non-hydrogen) atoms. The summed E-state index contributed by atoms with van der Waals surface area (Å²) in [5, 5.41) is 0.724. The van der Waals surface area contributed by atoms with Crippen molar-refractivity contribution in [1.29, 1.82) is 0 Å². The Labute approximate surface area is 461 Å². The Morgan fingerprint density at radius 3 is 1.94 bits per heavy atom. The maximum absolute atomic E-state index is 9.32. The van der Waals surface area contributed by atoms with Crippen LogP contribution >= 0.6 is 0 Å². The third-order valence-corrected chi connectivity index (χ3v) is 15.6. The van der Waals surface area contributed by atoms with Gasteiger partial charge < -0.3 is 28.7 Å². The molecule has 372 valence electrons. The van der Waals surface area contributed by atoms with E-state index >= 15 is 0 Å². The number of aryl methyl sites for hydroxylation is 1. The van der Waals surface area contributed by atoms with Crippen LogP contribution in [0.1, 0.15) is 71.4 Å².